The van der Waals surface area contributed by atoms with Crippen LogP contribution in [0.15, 0.2) is 60.7 Å². The van der Waals surface area contributed by atoms with Crippen molar-refractivity contribution in [3.8, 4) is 11.1 Å². The lowest BCUT2D eigenvalue weighted by Gasteiger charge is -2.34. The van der Waals surface area contributed by atoms with Crippen LogP contribution in [0.5, 0.6) is 0 Å². The van der Waals surface area contributed by atoms with E-state index in [1.54, 1.807) is 11.1 Å². The van der Waals surface area contributed by atoms with Crippen molar-refractivity contribution < 1.29 is 21.5 Å². The summed E-state index contributed by atoms with van der Waals surface area (Å²) < 4.78 is 1.23. The molecule has 1 saturated heterocycles. The van der Waals surface area contributed by atoms with E-state index < -0.39 is 0 Å². The van der Waals surface area contributed by atoms with Crippen LogP contribution in [-0.4, -0.2) is 17.6 Å². The van der Waals surface area contributed by atoms with Gasteiger partial charge in [-0.05, 0) is 57.6 Å². The molecule has 0 bridgehead atoms. The highest BCUT2D eigenvalue weighted by molar-refractivity contribution is 6.08. The summed E-state index contributed by atoms with van der Waals surface area (Å²) in [6, 6.07) is 22.9. The minimum Gasteiger partial charge on any atom is -1.00 e. The van der Waals surface area contributed by atoms with Crippen LogP contribution >= 0.6 is 0 Å². The molecule has 0 saturated carbocycles. The summed E-state index contributed by atoms with van der Waals surface area (Å²) in [5, 5.41) is 5.58. The van der Waals surface area contributed by atoms with Crippen molar-refractivity contribution in [1.29, 1.82) is 0 Å². The fraction of sp³-hybridized carbons (Fsp3) is 0.286. The zero-order valence-corrected chi connectivity index (χ0v) is 19.4. The fourth-order valence-electron chi connectivity index (χ4n) is 6.09. The van der Waals surface area contributed by atoms with Gasteiger partial charge in [0.15, 0.2) is 0 Å². The zero-order chi connectivity index (χ0) is 19.6. The maximum Gasteiger partial charge on any atom is 0.106 e. The monoisotopic (exact) mass is 457 g/mol. The molecule has 152 valence electrons. The molecule has 0 N–H and O–H groups in total. The second kappa shape index (κ2) is 7.21. The van der Waals surface area contributed by atoms with Gasteiger partial charge in [0, 0.05) is 24.0 Å². The van der Waals surface area contributed by atoms with E-state index in [2.05, 4.69) is 74.5 Å². The molecule has 1 spiro atoms. The molecule has 1 fully saturated rings. The molecular weight excluding hydrogens is 430 g/mol. The first-order chi connectivity index (χ1) is 14.2. The molecule has 2 heterocycles. The molecule has 30 heavy (non-hydrogen) atoms. The Labute approximate surface area is 189 Å². The van der Waals surface area contributed by atoms with Gasteiger partial charge >= 0.3 is 0 Å². The van der Waals surface area contributed by atoms with Crippen molar-refractivity contribution in [2.24, 2.45) is 0 Å². The summed E-state index contributed by atoms with van der Waals surface area (Å²) in [4.78, 5) is 0. The van der Waals surface area contributed by atoms with Gasteiger partial charge in [-0.25, -0.2) is 0 Å². The highest BCUT2D eigenvalue weighted by atomic mass is 79.9. The first-order valence-corrected chi connectivity index (χ1v) is 11.0. The highest BCUT2D eigenvalue weighted by Gasteiger charge is 2.38. The molecule has 4 aromatic carbocycles. The molecular formula is C28H28BrN. The Kier molecular flexibility index (Phi) is 4.76. The topological polar surface area (TPSA) is 0 Å². The summed E-state index contributed by atoms with van der Waals surface area (Å²) in [5.41, 5.74) is 9.11. The van der Waals surface area contributed by atoms with E-state index in [9.17, 15) is 0 Å². The summed E-state index contributed by atoms with van der Waals surface area (Å²) in [6.45, 7) is 9.65. The number of halogens is 1. The molecule has 1 nitrogen and oxygen atoms in total. The largest absolute Gasteiger partial charge is 1.00 e. The predicted octanol–water partition coefficient (Wildman–Crippen LogP) is 3.91. The maximum atomic E-state index is 2.42. The van der Waals surface area contributed by atoms with E-state index >= 15 is 0 Å². The normalized spacial score (nSPS) is 16.9. The molecule has 2 aliphatic rings. The van der Waals surface area contributed by atoms with Gasteiger partial charge in [0.2, 0.25) is 0 Å². The Morgan fingerprint density at radius 3 is 1.53 bits per heavy atom. The maximum absolute atomic E-state index is 2.42. The van der Waals surface area contributed by atoms with E-state index in [1.165, 1.54) is 87.3 Å². The van der Waals surface area contributed by atoms with Crippen LogP contribution < -0.4 is 17.0 Å². The van der Waals surface area contributed by atoms with Crippen molar-refractivity contribution in [2.75, 3.05) is 13.1 Å². The Bertz CT molecular complexity index is 1190. The van der Waals surface area contributed by atoms with Crippen LogP contribution in [0, 0.1) is 13.8 Å². The third kappa shape index (κ3) is 2.85. The summed E-state index contributed by atoms with van der Waals surface area (Å²) in [6.07, 6.45) is 2.73. The molecule has 0 unspecified atom stereocenters. The van der Waals surface area contributed by atoms with Gasteiger partial charge < -0.3 is 21.5 Å². The SMILES string of the molecule is Cc1cc2ccccc2c2c1C[N+]1(CCCC1)Cc1c(C)cc3ccccc3c1-2.[Br-]. The van der Waals surface area contributed by atoms with Gasteiger partial charge in [-0.15, -0.1) is 0 Å². The minimum atomic E-state index is 0. The summed E-state index contributed by atoms with van der Waals surface area (Å²) in [7, 11) is 0. The van der Waals surface area contributed by atoms with Gasteiger partial charge in [-0.2, -0.15) is 0 Å². The van der Waals surface area contributed by atoms with E-state index in [0.29, 0.717) is 0 Å². The number of aryl methyl sites for hydroxylation is 2. The average molecular weight is 458 g/mol. The molecule has 2 heteroatoms. The van der Waals surface area contributed by atoms with Crippen molar-refractivity contribution in [3.05, 3.63) is 82.9 Å². The molecule has 2 aliphatic heterocycles. The fourth-order valence-corrected chi connectivity index (χ4v) is 6.09. The first-order valence-electron chi connectivity index (χ1n) is 11.0. The first kappa shape index (κ1) is 19.8. The molecule has 0 radical (unpaired) electrons. The number of benzene rings is 4. The summed E-state index contributed by atoms with van der Waals surface area (Å²) in [5.74, 6) is 0. The van der Waals surface area contributed by atoms with Crippen molar-refractivity contribution in [3.63, 3.8) is 0 Å². The lowest BCUT2D eigenvalue weighted by Crippen LogP contribution is -3.00. The van der Waals surface area contributed by atoms with Gasteiger partial charge in [-0.3, -0.25) is 0 Å². The lowest BCUT2D eigenvalue weighted by atomic mass is 9.85. The van der Waals surface area contributed by atoms with Gasteiger partial charge in [0.25, 0.3) is 0 Å². The third-order valence-electron chi connectivity index (χ3n) is 7.51. The van der Waals surface area contributed by atoms with Crippen LogP contribution in [0.25, 0.3) is 32.7 Å². The van der Waals surface area contributed by atoms with Crippen molar-refractivity contribution in [2.45, 2.75) is 39.8 Å². The number of hydrogen-bond donors (Lipinski definition) is 0. The number of rotatable bonds is 0. The number of quaternary nitrogens is 1. The van der Waals surface area contributed by atoms with Gasteiger partial charge in [0.05, 0.1) is 13.1 Å². The molecule has 6 rings (SSSR count). The molecule has 0 amide bonds. The minimum absolute atomic E-state index is 0. The Morgan fingerprint density at radius 1 is 0.633 bits per heavy atom. The van der Waals surface area contributed by atoms with E-state index in [0.717, 1.165) is 0 Å². The van der Waals surface area contributed by atoms with Gasteiger partial charge in [0.1, 0.15) is 13.1 Å². The Hall–Kier alpha value is -2.16. The Balaban J connectivity index is 0.00000193. The second-order valence-corrected chi connectivity index (χ2v) is 9.35. The number of nitrogens with zero attached hydrogens (tertiary/aromatic N) is 1. The zero-order valence-electron chi connectivity index (χ0n) is 17.8. The van der Waals surface area contributed by atoms with Crippen LogP contribution in [0.4, 0.5) is 0 Å². The van der Waals surface area contributed by atoms with E-state index in [-0.39, 0.29) is 17.0 Å². The smallest absolute Gasteiger partial charge is 0.106 e. The molecule has 4 aromatic rings. The standard InChI is InChI=1S/C28H28N.BrH/c1-19-15-21-9-3-5-11-23(21)27-25(19)17-29(13-7-8-14-29)18-26-20(2)16-22-10-4-6-12-24(22)28(26)27;/h3-6,9-12,15-16H,7-8,13-14,17-18H2,1-2H3;1H/q+1;/p-1. The number of hydrogen-bond acceptors (Lipinski definition) is 0. The van der Waals surface area contributed by atoms with Crippen molar-refractivity contribution in [1.82, 2.24) is 0 Å². The van der Waals surface area contributed by atoms with Crippen LogP contribution in [0.1, 0.15) is 35.1 Å². The highest BCUT2D eigenvalue weighted by Crippen LogP contribution is 2.46. The van der Waals surface area contributed by atoms with E-state index in [4.69, 9.17) is 0 Å². The predicted molar refractivity (Wildman–Crippen MR) is 123 cm³/mol. The third-order valence-corrected chi connectivity index (χ3v) is 7.51. The average Bonchev–Trinajstić information content (AvgIpc) is 3.11. The molecule has 0 atom stereocenters. The Morgan fingerprint density at radius 2 is 1.07 bits per heavy atom. The molecule has 0 aliphatic carbocycles. The van der Waals surface area contributed by atoms with Crippen LogP contribution in [0.3, 0.4) is 0 Å². The second-order valence-electron chi connectivity index (χ2n) is 9.35. The quantitative estimate of drug-likeness (QED) is 0.351. The van der Waals surface area contributed by atoms with Gasteiger partial charge in [-0.1, -0.05) is 60.7 Å². The van der Waals surface area contributed by atoms with Crippen LogP contribution in [-0.2, 0) is 13.1 Å². The number of fused-ring (bicyclic) bond motifs is 7. The summed E-state index contributed by atoms with van der Waals surface area (Å²) >= 11 is 0. The van der Waals surface area contributed by atoms with Crippen LogP contribution in [0.2, 0.25) is 0 Å². The van der Waals surface area contributed by atoms with Crippen molar-refractivity contribution >= 4 is 21.5 Å². The van der Waals surface area contributed by atoms with E-state index in [1.807, 2.05) is 0 Å². The lowest BCUT2D eigenvalue weighted by molar-refractivity contribution is -0.942. The molecule has 0 aromatic heterocycles.